The van der Waals surface area contributed by atoms with E-state index in [4.69, 9.17) is 16.3 Å². The number of methoxy groups -OCH3 is 1. The van der Waals surface area contributed by atoms with Crippen molar-refractivity contribution in [1.82, 2.24) is 5.32 Å². The minimum atomic E-state index is -0.772. The molecule has 1 aromatic carbocycles. The Kier molecular flexibility index (Phi) is 7.54. The lowest BCUT2D eigenvalue weighted by Gasteiger charge is -2.21. The normalized spacial score (nSPS) is 12.9. The second-order valence-corrected chi connectivity index (χ2v) is 5.47. The summed E-state index contributed by atoms with van der Waals surface area (Å²) in [5.41, 5.74) is 0.286. The molecule has 0 aliphatic carbocycles. The zero-order valence-electron chi connectivity index (χ0n) is 13.3. The van der Waals surface area contributed by atoms with E-state index in [0.717, 1.165) is 0 Å². The van der Waals surface area contributed by atoms with E-state index in [1.54, 1.807) is 12.1 Å². The first kappa shape index (κ1) is 19.0. The van der Waals surface area contributed by atoms with Crippen LogP contribution in [0.5, 0.6) is 0 Å². The highest BCUT2D eigenvalue weighted by Gasteiger charge is 2.26. The van der Waals surface area contributed by atoms with Gasteiger partial charge >= 0.3 is 11.9 Å². The van der Waals surface area contributed by atoms with Gasteiger partial charge in [0.15, 0.2) is 6.61 Å². The van der Waals surface area contributed by atoms with Gasteiger partial charge in [-0.25, -0.2) is 9.59 Å². The lowest BCUT2D eigenvalue weighted by Crippen LogP contribution is -2.47. The number of hydrogen-bond acceptors (Lipinski definition) is 5. The van der Waals surface area contributed by atoms with E-state index in [2.05, 4.69) is 10.1 Å². The molecule has 0 saturated carbocycles. The van der Waals surface area contributed by atoms with E-state index in [-0.39, 0.29) is 11.5 Å². The van der Waals surface area contributed by atoms with E-state index in [9.17, 15) is 14.4 Å². The van der Waals surface area contributed by atoms with E-state index >= 15 is 0 Å². The van der Waals surface area contributed by atoms with E-state index in [1.165, 1.54) is 19.2 Å². The SMILES string of the molecule is CCC(C)C(NC(=O)COC(=O)c1ccc(Cl)cc1)C(=O)OC. The summed E-state index contributed by atoms with van der Waals surface area (Å²) >= 11 is 5.73. The van der Waals surface area contributed by atoms with Crippen LogP contribution >= 0.6 is 11.6 Å². The minimum Gasteiger partial charge on any atom is -0.467 e. The number of carbonyl (C=O) groups is 3. The molecule has 0 saturated heterocycles. The summed E-state index contributed by atoms with van der Waals surface area (Å²) in [4.78, 5) is 35.3. The molecule has 0 aliphatic rings. The van der Waals surface area contributed by atoms with Gasteiger partial charge in [-0.2, -0.15) is 0 Å². The van der Waals surface area contributed by atoms with E-state index in [0.29, 0.717) is 11.4 Å². The van der Waals surface area contributed by atoms with Crippen LogP contribution in [0.1, 0.15) is 30.6 Å². The molecule has 126 valence electrons. The van der Waals surface area contributed by atoms with Gasteiger partial charge in [0.05, 0.1) is 12.7 Å². The molecule has 1 amide bonds. The predicted molar refractivity (Wildman–Crippen MR) is 85.1 cm³/mol. The monoisotopic (exact) mass is 341 g/mol. The molecular weight excluding hydrogens is 322 g/mol. The minimum absolute atomic E-state index is 0.0987. The molecule has 0 bridgehead atoms. The van der Waals surface area contributed by atoms with Crippen LogP contribution < -0.4 is 5.32 Å². The zero-order valence-corrected chi connectivity index (χ0v) is 14.1. The smallest absolute Gasteiger partial charge is 0.338 e. The first-order chi connectivity index (χ1) is 10.9. The zero-order chi connectivity index (χ0) is 17.4. The number of amides is 1. The van der Waals surface area contributed by atoms with Crippen molar-refractivity contribution >= 4 is 29.4 Å². The summed E-state index contributed by atoms with van der Waals surface area (Å²) in [6, 6.07) is 5.33. The van der Waals surface area contributed by atoms with Crippen molar-refractivity contribution < 1.29 is 23.9 Å². The summed E-state index contributed by atoms with van der Waals surface area (Å²) in [7, 11) is 1.25. The van der Waals surface area contributed by atoms with Crippen molar-refractivity contribution in [3.63, 3.8) is 0 Å². The van der Waals surface area contributed by atoms with Gasteiger partial charge in [0.1, 0.15) is 6.04 Å². The Morgan fingerprint density at radius 2 is 1.83 bits per heavy atom. The summed E-state index contributed by atoms with van der Waals surface area (Å²) < 4.78 is 9.58. The Labute approximate surface area is 140 Å². The molecule has 0 radical (unpaired) electrons. The molecule has 0 heterocycles. The van der Waals surface area contributed by atoms with Crippen LogP contribution in [0.25, 0.3) is 0 Å². The van der Waals surface area contributed by atoms with Gasteiger partial charge < -0.3 is 14.8 Å². The van der Waals surface area contributed by atoms with Crippen LogP contribution in [0.2, 0.25) is 5.02 Å². The first-order valence-electron chi connectivity index (χ1n) is 7.18. The van der Waals surface area contributed by atoms with Crippen LogP contribution in [0, 0.1) is 5.92 Å². The van der Waals surface area contributed by atoms with Crippen molar-refractivity contribution in [2.45, 2.75) is 26.3 Å². The number of ether oxygens (including phenoxy) is 2. The molecular formula is C16H20ClNO5. The number of nitrogens with one attached hydrogen (secondary N) is 1. The van der Waals surface area contributed by atoms with Gasteiger partial charge in [0.25, 0.3) is 5.91 Å². The lowest BCUT2D eigenvalue weighted by molar-refractivity contribution is -0.147. The van der Waals surface area contributed by atoms with Crippen LogP contribution in [0.15, 0.2) is 24.3 Å². The summed E-state index contributed by atoms with van der Waals surface area (Å²) in [5, 5.41) is 3.02. The van der Waals surface area contributed by atoms with Gasteiger partial charge in [0, 0.05) is 5.02 Å². The molecule has 0 aliphatic heterocycles. The average Bonchev–Trinajstić information content (AvgIpc) is 2.56. The molecule has 2 unspecified atom stereocenters. The highest BCUT2D eigenvalue weighted by molar-refractivity contribution is 6.30. The molecule has 1 rings (SSSR count). The largest absolute Gasteiger partial charge is 0.467 e. The fraction of sp³-hybridized carbons (Fsp3) is 0.438. The first-order valence-corrected chi connectivity index (χ1v) is 7.56. The van der Waals surface area contributed by atoms with Crippen LogP contribution in [0.3, 0.4) is 0 Å². The van der Waals surface area contributed by atoms with Crippen LogP contribution in [0.4, 0.5) is 0 Å². The fourth-order valence-electron chi connectivity index (χ4n) is 1.81. The molecule has 7 heteroatoms. The topological polar surface area (TPSA) is 81.7 Å². The van der Waals surface area contributed by atoms with Gasteiger partial charge in [0.2, 0.25) is 0 Å². The van der Waals surface area contributed by atoms with Gasteiger partial charge in [-0.3, -0.25) is 4.79 Å². The fourth-order valence-corrected chi connectivity index (χ4v) is 1.94. The van der Waals surface area contributed by atoms with Crippen molar-refractivity contribution in [2.24, 2.45) is 5.92 Å². The third kappa shape index (κ3) is 5.90. The van der Waals surface area contributed by atoms with Crippen molar-refractivity contribution in [2.75, 3.05) is 13.7 Å². The van der Waals surface area contributed by atoms with Crippen molar-refractivity contribution in [3.05, 3.63) is 34.9 Å². The van der Waals surface area contributed by atoms with Gasteiger partial charge in [-0.1, -0.05) is 31.9 Å². The highest BCUT2D eigenvalue weighted by atomic mass is 35.5. The maximum atomic E-state index is 11.9. The van der Waals surface area contributed by atoms with Crippen LogP contribution in [-0.2, 0) is 19.1 Å². The quantitative estimate of drug-likeness (QED) is 0.769. The number of esters is 2. The Bertz CT molecular complexity index is 558. The predicted octanol–water partition coefficient (Wildman–Crippen LogP) is 2.20. The molecule has 0 spiro atoms. The van der Waals surface area contributed by atoms with Crippen molar-refractivity contribution in [3.8, 4) is 0 Å². The van der Waals surface area contributed by atoms with E-state index < -0.39 is 30.5 Å². The third-order valence-electron chi connectivity index (χ3n) is 3.40. The molecule has 0 aromatic heterocycles. The molecule has 0 fully saturated rings. The Hall–Kier alpha value is -2.08. The Morgan fingerprint density at radius 1 is 1.22 bits per heavy atom. The lowest BCUT2D eigenvalue weighted by atomic mass is 9.99. The maximum Gasteiger partial charge on any atom is 0.338 e. The number of carbonyl (C=O) groups excluding carboxylic acids is 3. The van der Waals surface area contributed by atoms with Gasteiger partial charge in [-0.05, 0) is 30.2 Å². The standard InChI is InChI=1S/C16H20ClNO5/c1-4-10(2)14(16(21)22-3)18-13(19)9-23-15(20)11-5-7-12(17)8-6-11/h5-8,10,14H,4,9H2,1-3H3,(H,18,19). The Morgan fingerprint density at radius 3 is 2.35 bits per heavy atom. The maximum absolute atomic E-state index is 11.9. The third-order valence-corrected chi connectivity index (χ3v) is 3.65. The number of halogens is 1. The molecule has 23 heavy (non-hydrogen) atoms. The Balaban J connectivity index is 2.56. The van der Waals surface area contributed by atoms with Crippen LogP contribution in [-0.4, -0.2) is 37.6 Å². The molecule has 1 aromatic rings. The second kappa shape index (κ2) is 9.15. The number of benzene rings is 1. The van der Waals surface area contributed by atoms with Gasteiger partial charge in [-0.15, -0.1) is 0 Å². The highest BCUT2D eigenvalue weighted by Crippen LogP contribution is 2.11. The van der Waals surface area contributed by atoms with Crippen molar-refractivity contribution in [1.29, 1.82) is 0 Å². The van der Waals surface area contributed by atoms with E-state index in [1.807, 2.05) is 13.8 Å². The summed E-state index contributed by atoms with van der Waals surface area (Å²) in [6.07, 6.45) is 0.685. The summed E-state index contributed by atoms with van der Waals surface area (Å²) in [6.45, 7) is 3.24. The molecule has 2 atom stereocenters. The number of hydrogen-bond donors (Lipinski definition) is 1. The average molecular weight is 342 g/mol. The molecule has 6 nitrogen and oxygen atoms in total. The number of rotatable bonds is 7. The molecule has 1 N–H and O–H groups in total. The second-order valence-electron chi connectivity index (χ2n) is 5.04. The summed E-state index contributed by atoms with van der Waals surface area (Å²) in [5.74, 6) is -1.84.